The molecule has 0 amide bonds. The van der Waals surface area contributed by atoms with Crippen LogP contribution in [0.4, 0.5) is 0 Å². The molecule has 24 heavy (non-hydrogen) atoms. The van der Waals surface area contributed by atoms with Crippen LogP contribution in [0.5, 0.6) is 0 Å². The van der Waals surface area contributed by atoms with E-state index in [-0.39, 0.29) is 0 Å². The van der Waals surface area contributed by atoms with Crippen LogP contribution in [0.15, 0.2) is 91.0 Å². The molecule has 0 spiro atoms. The maximum atomic E-state index is 12.2. The topological polar surface area (TPSA) is 43.4 Å². The molecule has 0 unspecified atom stereocenters. The zero-order valence-corrected chi connectivity index (χ0v) is 17.0. The van der Waals surface area contributed by atoms with Gasteiger partial charge in [0.15, 0.2) is 0 Å². The summed E-state index contributed by atoms with van der Waals surface area (Å²) < 4.78 is 33.3. The van der Waals surface area contributed by atoms with Crippen molar-refractivity contribution < 1.29 is 10.9 Å². The fraction of sp³-hybridized carbons (Fsp3) is 0.0526. The molecular formula is C19H18O3SSn. The summed E-state index contributed by atoms with van der Waals surface area (Å²) in [6.07, 6.45) is 1.13. The SMILES string of the molecule is CS(=O)(=O)[O][Sn]([c]1ccccc1)([c]1ccccc1)[c]1ccccc1. The molecule has 3 aromatic carbocycles. The summed E-state index contributed by atoms with van der Waals surface area (Å²) in [4.78, 5) is 0. The molecule has 0 saturated carbocycles. The molecule has 0 radical (unpaired) electrons. The van der Waals surface area contributed by atoms with Gasteiger partial charge >= 0.3 is 148 Å². The van der Waals surface area contributed by atoms with Crippen LogP contribution in [0.1, 0.15) is 0 Å². The van der Waals surface area contributed by atoms with Gasteiger partial charge in [-0.05, 0) is 0 Å². The third-order valence-corrected chi connectivity index (χ3v) is 18.9. The van der Waals surface area contributed by atoms with Gasteiger partial charge in [-0.25, -0.2) is 0 Å². The third kappa shape index (κ3) is 3.55. The van der Waals surface area contributed by atoms with Gasteiger partial charge in [0.2, 0.25) is 0 Å². The predicted molar refractivity (Wildman–Crippen MR) is 99.9 cm³/mol. The monoisotopic (exact) mass is 446 g/mol. The zero-order valence-electron chi connectivity index (χ0n) is 13.3. The Balaban J connectivity index is 2.37. The van der Waals surface area contributed by atoms with Crippen molar-refractivity contribution in [2.45, 2.75) is 0 Å². The maximum absolute atomic E-state index is 12.2. The van der Waals surface area contributed by atoms with Gasteiger partial charge in [-0.1, -0.05) is 0 Å². The zero-order chi connectivity index (χ0) is 17.0. The first-order valence-electron chi connectivity index (χ1n) is 7.59. The molecular weight excluding hydrogens is 427 g/mol. The Morgan fingerprint density at radius 3 is 1.17 bits per heavy atom. The molecule has 0 heterocycles. The summed E-state index contributed by atoms with van der Waals surface area (Å²) in [5, 5.41) is 0. The van der Waals surface area contributed by atoms with Crippen molar-refractivity contribution in [1.29, 1.82) is 0 Å². The number of rotatable bonds is 5. The molecule has 0 aromatic heterocycles. The fourth-order valence-electron chi connectivity index (χ4n) is 2.89. The Morgan fingerprint density at radius 2 is 0.917 bits per heavy atom. The van der Waals surface area contributed by atoms with Crippen molar-refractivity contribution in [3.8, 4) is 0 Å². The van der Waals surface area contributed by atoms with Crippen molar-refractivity contribution in [3.63, 3.8) is 0 Å². The van der Waals surface area contributed by atoms with Crippen LogP contribution >= 0.6 is 0 Å². The second-order valence-electron chi connectivity index (χ2n) is 5.57. The Labute approximate surface area is 147 Å². The molecule has 3 rings (SSSR count). The molecule has 0 aliphatic carbocycles. The van der Waals surface area contributed by atoms with Crippen LogP contribution in [0.25, 0.3) is 0 Å². The van der Waals surface area contributed by atoms with E-state index in [2.05, 4.69) is 0 Å². The first-order valence-corrected chi connectivity index (χ1v) is 14.9. The Bertz CT molecular complexity index is 798. The van der Waals surface area contributed by atoms with E-state index in [1.807, 2.05) is 91.0 Å². The second kappa shape index (κ2) is 7.09. The standard InChI is InChI=1S/3C6H5.CH4O3S.Sn/c3*1-2-4-6-5-3-1;1-5(2,3)4;/h3*1-5H;1H3,(H,2,3,4);/q;;;;+1/p-1. The van der Waals surface area contributed by atoms with Crippen LogP contribution in [0.3, 0.4) is 0 Å². The van der Waals surface area contributed by atoms with E-state index in [9.17, 15) is 8.42 Å². The quantitative estimate of drug-likeness (QED) is 0.562. The number of benzene rings is 3. The molecule has 5 heteroatoms. The van der Waals surface area contributed by atoms with Gasteiger partial charge in [0.1, 0.15) is 0 Å². The van der Waals surface area contributed by atoms with Crippen molar-refractivity contribution >= 4 is 39.6 Å². The molecule has 0 saturated heterocycles. The van der Waals surface area contributed by atoms with E-state index in [0.29, 0.717) is 0 Å². The van der Waals surface area contributed by atoms with Gasteiger partial charge in [0.25, 0.3) is 0 Å². The molecule has 0 aliphatic heterocycles. The molecule has 122 valence electrons. The predicted octanol–water partition coefficient (Wildman–Crippen LogP) is 1.63. The molecule has 0 fully saturated rings. The van der Waals surface area contributed by atoms with E-state index < -0.39 is 28.9 Å². The number of hydrogen-bond acceptors (Lipinski definition) is 3. The summed E-state index contributed by atoms with van der Waals surface area (Å²) >= 11 is -4.13. The molecule has 3 aromatic rings. The first kappa shape index (κ1) is 17.2. The summed E-state index contributed by atoms with van der Waals surface area (Å²) in [5.74, 6) is 0. The van der Waals surface area contributed by atoms with Crippen LogP contribution < -0.4 is 10.7 Å². The van der Waals surface area contributed by atoms with E-state index >= 15 is 0 Å². The second-order valence-corrected chi connectivity index (χ2v) is 17.4. The van der Waals surface area contributed by atoms with Gasteiger partial charge in [-0.2, -0.15) is 0 Å². The summed E-state index contributed by atoms with van der Waals surface area (Å²) in [6.45, 7) is 0. The third-order valence-electron chi connectivity index (χ3n) is 3.82. The van der Waals surface area contributed by atoms with E-state index in [1.54, 1.807) is 0 Å². The van der Waals surface area contributed by atoms with Crippen LogP contribution in [0, 0.1) is 0 Å². The average molecular weight is 445 g/mol. The molecule has 3 nitrogen and oxygen atoms in total. The minimum absolute atomic E-state index is 0.967. The Morgan fingerprint density at radius 1 is 0.625 bits per heavy atom. The number of hydrogen-bond donors (Lipinski definition) is 0. The van der Waals surface area contributed by atoms with Gasteiger partial charge in [0.05, 0.1) is 0 Å². The van der Waals surface area contributed by atoms with Gasteiger partial charge in [-0.15, -0.1) is 0 Å². The van der Waals surface area contributed by atoms with E-state index in [0.717, 1.165) is 17.0 Å². The van der Waals surface area contributed by atoms with Crippen LogP contribution in [0.2, 0.25) is 0 Å². The Kier molecular flexibility index (Phi) is 5.08. The van der Waals surface area contributed by atoms with Gasteiger partial charge < -0.3 is 0 Å². The van der Waals surface area contributed by atoms with Crippen molar-refractivity contribution in [2.75, 3.05) is 6.26 Å². The van der Waals surface area contributed by atoms with Crippen LogP contribution in [-0.2, 0) is 12.6 Å². The van der Waals surface area contributed by atoms with Crippen molar-refractivity contribution in [2.24, 2.45) is 0 Å². The first-order chi connectivity index (χ1) is 11.5. The molecule has 0 aliphatic rings. The normalized spacial score (nSPS) is 12.0. The fourth-order valence-corrected chi connectivity index (χ4v) is 18.5. The summed E-state index contributed by atoms with van der Waals surface area (Å²) in [5.41, 5.74) is 0. The van der Waals surface area contributed by atoms with Gasteiger partial charge in [-0.3, -0.25) is 0 Å². The average Bonchev–Trinajstić information content (AvgIpc) is 2.61. The summed E-state index contributed by atoms with van der Waals surface area (Å²) in [6, 6.07) is 29.2. The van der Waals surface area contributed by atoms with Crippen molar-refractivity contribution in [3.05, 3.63) is 91.0 Å². The Hall–Kier alpha value is -1.63. The molecule has 0 N–H and O–H groups in total. The van der Waals surface area contributed by atoms with E-state index in [4.69, 9.17) is 2.52 Å². The van der Waals surface area contributed by atoms with Crippen LogP contribution in [-0.4, -0.2) is 33.5 Å². The van der Waals surface area contributed by atoms with Crippen molar-refractivity contribution in [1.82, 2.24) is 0 Å². The minimum atomic E-state index is -4.13. The molecule has 0 bridgehead atoms. The summed E-state index contributed by atoms with van der Waals surface area (Å²) in [7, 11) is -3.63. The van der Waals surface area contributed by atoms with Gasteiger partial charge in [0, 0.05) is 0 Å². The molecule has 0 atom stereocenters. The van der Waals surface area contributed by atoms with E-state index in [1.165, 1.54) is 0 Å².